The van der Waals surface area contributed by atoms with Crippen LogP contribution in [0, 0.1) is 0 Å². The van der Waals surface area contributed by atoms with Gasteiger partial charge in [-0.1, -0.05) is 30.0 Å². The molecular formula is C25H27N5O4S. The second kappa shape index (κ2) is 10.4. The molecule has 1 amide bonds. The lowest BCUT2D eigenvalue weighted by molar-refractivity contribution is -0.113. The van der Waals surface area contributed by atoms with Crippen molar-refractivity contribution in [3.05, 3.63) is 48.7 Å². The Hall–Kier alpha value is -3.50. The van der Waals surface area contributed by atoms with E-state index >= 15 is 0 Å². The molecule has 35 heavy (non-hydrogen) atoms. The highest BCUT2D eigenvalue weighted by atomic mass is 32.2. The number of para-hydroxylation sites is 1. The number of thioether (sulfide) groups is 1. The molecule has 4 aromatic rings. The highest BCUT2D eigenvalue weighted by molar-refractivity contribution is 7.99. The van der Waals surface area contributed by atoms with Gasteiger partial charge in [0.25, 0.3) is 0 Å². The fourth-order valence-electron chi connectivity index (χ4n) is 4.23. The first-order valence-electron chi connectivity index (χ1n) is 11.4. The van der Waals surface area contributed by atoms with Crippen molar-refractivity contribution in [3.63, 3.8) is 0 Å². The molecule has 1 aliphatic rings. The molecule has 182 valence electrons. The minimum absolute atomic E-state index is 0.103. The molecule has 5 rings (SSSR count). The minimum atomic E-state index is -0.168. The number of carbonyl (C=O) groups excluding carboxylic acids is 1. The number of rotatable bonds is 9. The van der Waals surface area contributed by atoms with Crippen LogP contribution >= 0.6 is 11.8 Å². The van der Waals surface area contributed by atoms with E-state index < -0.39 is 0 Å². The SMILES string of the molecule is COc1ccc(NC(=O)CSc2nnc(-c3c[nH]c4ccccc34)n2CC2CCCO2)c(OC)c1. The number of aromatic nitrogens is 4. The van der Waals surface area contributed by atoms with Gasteiger partial charge in [-0.2, -0.15) is 0 Å². The molecule has 2 aromatic heterocycles. The second-order valence-corrected chi connectivity index (χ2v) is 9.15. The van der Waals surface area contributed by atoms with Gasteiger partial charge < -0.3 is 24.5 Å². The first-order chi connectivity index (χ1) is 17.2. The van der Waals surface area contributed by atoms with Crippen LogP contribution in [-0.2, 0) is 16.1 Å². The number of benzene rings is 2. The monoisotopic (exact) mass is 493 g/mol. The van der Waals surface area contributed by atoms with Crippen LogP contribution in [0.2, 0.25) is 0 Å². The van der Waals surface area contributed by atoms with Gasteiger partial charge in [0, 0.05) is 35.3 Å². The highest BCUT2D eigenvalue weighted by Crippen LogP contribution is 2.32. The maximum absolute atomic E-state index is 12.8. The van der Waals surface area contributed by atoms with E-state index in [2.05, 4.69) is 31.1 Å². The average molecular weight is 494 g/mol. The molecule has 9 nitrogen and oxygen atoms in total. The summed E-state index contributed by atoms with van der Waals surface area (Å²) in [4.78, 5) is 16.1. The maximum atomic E-state index is 12.8. The van der Waals surface area contributed by atoms with Crippen LogP contribution in [0.15, 0.2) is 53.8 Å². The number of hydrogen-bond acceptors (Lipinski definition) is 7. The number of H-pyrrole nitrogens is 1. The molecule has 2 N–H and O–H groups in total. The molecule has 2 aromatic carbocycles. The van der Waals surface area contributed by atoms with E-state index in [9.17, 15) is 4.79 Å². The van der Waals surface area contributed by atoms with Crippen LogP contribution in [0.25, 0.3) is 22.3 Å². The van der Waals surface area contributed by atoms with Gasteiger partial charge in [0.05, 0.1) is 38.3 Å². The fourth-order valence-corrected chi connectivity index (χ4v) is 4.97. The molecular weight excluding hydrogens is 466 g/mol. The Labute approximate surface area is 207 Å². The van der Waals surface area contributed by atoms with Crippen LogP contribution in [0.4, 0.5) is 5.69 Å². The lowest BCUT2D eigenvalue weighted by Crippen LogP contribution is -2.18. The topological polar surface area (TPSA) is 103 Å². The number of amides is 1. The van der Waals surface area contributed by atoms with Gasteiger partial charge in [-0.05, 0) is 31.0 Å². The summed E-state index contributed by atoms with van der Waals surface area (Å²) >= 11 is 1.35. The van der Waals surface area contributed by atoms with Gasteiger partial charge in [0.15, 0.2) is 11.0 Å². The van der Waals surface area contributed by atoms with Crippen LogP contribution < -0.4 is 14.8 Å². The van der Waals surface area contributed by atoms with Crippen LogP contribution in [0.5, 0.6) is 11.5 Å². The van der Waals surface area contributed by atoms with Crippen molar-refractivity contribution in [1.82, 2.24) is 19.7 Å². The Morgan fingerprint density at radius 1 is 1.23 bits per heavy atom. The van der Waals surface area contributed by atoms with Crippen LogP contribution in [-0.4, -0.2) is 58.3 Å². The molecule has 0 bridgehead atoms. The van der Waals surface area contributed by atoms with Crippen molar-refractivity contribution in [2.45, 2.75) is 30.6 Å². The fraction of sp³-hybridized carbons (Fsp3) is 0.320. The Kier molecular flexibility index (Phi) is 6.91. The normalized spacial score (nSPS) is 15.4. The first kappa shape index (κ1) is 23.3. The lowest BCUT2D eigenvalue weighted by atomic mass is 10.1. The van der Waals surface area contributed by atoms with Crippen molar-refractivity contribution >= 4 is 34.3 Å². The van der Waals surface area contributed by atoms with Crippen molar-refractivity contribution in [2.24, 2.45) is 0 Å². The Morgan fingerprint density at radius 2 is 2.11 bits per heavy atom. The molecule has 1 atom stereocenters. The summed E-state index contributed by atoms with van der Waals surface area (Å²) in [6, 6.07) is 13.4. The quantitative estimate of drug-likeness (QED) is 0.334. The second-order valence-electron chi connectivity index (χ2n) is 8.20. The van der Waals surface area contributed by atoms with E-state index in [0.717, 1.165) is 41.7 Å². The first-order valence-corrected chi connectivity index (χ1v) is 12.4. The summed E-state index contributed by atoms with van der Waals surface area (Å²) in [7, 11) is 3.14. The minimum Gasteiger partial charge on any atom is -0.497 e. The number of nitrogens with one attached hydrogen (secondary N) is 2. The zero-order chi connectivity index (χ0) is 24.2. The van der Waals surface area contributed by atoms with Crippen molar-refractivity contribution in [2.75, 3.05) is 31.9 Å². The number of hydrogen-bond donors (Lipinski definition) is 2. The molecule has 1 aliphatic heterocycles. The summed E-state index contributed by atoms with van der Waals surface area (Å²) in [6.45, 7) is 1.40. The number of nitrogens with zero attached hydrogens (tertiary/aromatic N) is 3. The maximum Gasteiger partial charge on any atom is 0.234 e. The molecule has 1 fully saturated rings. The summed E-state index contributed by atoms with van der Waals surface area (Å²) in [5.74, 6) is 1.95. The van der Waals surface area contributed by atoms with E-state index in [1.807, 2.05) is 24.4 Å². The number of carbonyl (C=O) groups is 1. The standard InChI is InChI=1S/C25H27N5O4S/c1-32-16-9-10-21(22(12-16)33-2)27-23(31)15-35-25-29-28-24(30(25)14-17-6-5-11-34-17)19-13-26-20-8-4-3-7-18(19)20/h3-4,7-10,12-13,17,26H,5-6,11,14-15H2,1-2H3,(H,27,31). The number of fused-ring (bicyclic) bond motifs is 1. The van der Waals surface area contributed by atoms with Crippen LogP contribution in [0.1, 0.15) is 12.8 Å². The van der Waals surface area contributed by atoms with E-state index in [1.165, 1.54) is 11.8 Å². The van der Waals surface area contributed by atoms with Crippen molar-refractivity contribution in [1.29, 1.82) is 0 Å². The number of anilines is 1. The van der Waals surface area contributed by atoms with Crippen molar-refractivity contribution in [3.8, 4) is 22.9 Å². The largest absolute Gasteiger partial charge is 0.497 e. The van der Waals surface area contributed by atoms with Gasteiger partial charge >= 0.3 is 0 Å². The Morgan fingerprint density at radius 3 is 2.91 bits per heavy atom. The van der Waals surface area contributed by atoms with Gasteiger partial charge in [-0.15, -0.1) is 10.2 Å². The zero-order valence-corrected chi connectivity index (χ0v) is 20.4. The number of aromatic amines is 1. The van der Waals surface area contributed by atoms with Gasteiger partial charge in [0.1, 0.15) is 11.5 Å². The summed E-state index contributed by atoms with van der Waals surface area (Å²) in [5.41, 5.74) is 2.60. The molecule has 0 aliphatic carbocycles. The van der Waals surface area contributed by atoms with E-state index in [1.54, 1.807) is 32.4 Å². The molecule has 1 saturated heterocycles. The van der Waals surface area contributed by atoms with E-state index in [0.29, 0.717) is 28.9 Å². The van der Waals surface area contributed by atoms with Gasteiger partial charge in [0.2, 0.25) is 5.91 Å². The predicted octanol–water partition coefficient (Wildman–Crippen LogP) is 4.35. The molecule has 3 heterocycles. The zero-order valence-electron chi connectivity index (χ0n) is 19.6. The third-order valence-electron chi connectivity index (χ3n) is 5.97. The third kappa shape index (κ3) is 4.98. The van der Waals surface area contributed by atoms with E-state index in [-0.39, 0.29) is 17.8 Å². The molecule has 10 heteroatoms. The number of methoxy groups -OCH3 is 2. The molecule has 0 saturated carbocycles. The smallest absolute Gasteiger partial charge is 0.234 e. The highest BCUT2D eigenvalue weighted by Gasteiger charge is 2.23. The van der Waals surface area contributed by atoms with E-state index in [4.69, 9.17) is 14.2 Å². The molecule has 0 spiro atoms. The molecule has 0 radical (unpaired) electrons. The van der Waals surface area contributed by atoms with Gasteiger partial charge in [-0.25, -0.2) is 0 Å². The van der Waals surface area contributed by atoms with Crippen molar-refractivity contribution < 1.29 is 19.0 Å². The molecule has 1 unspecified atom stereocenters. The van der Waals surface area contributed by atoms with Gasteiger partial charge in [-0.3, -0.25) is 9.36 Å². The summed E-state index contributed by atoms with van der Waals surface area (Å²) in [6.07, 6.45) is 4.10. The Bertz CT molecular complexity index is 1330. The summed E-state index contributed by atoms with van der Waals surface area (Å²) < 4.78 is 18.6. The Balaban J connectivity index is 1.36. The lowest BCUT2D eigenvalue weighted by Gasteiger charge is -2.15. The third-order valence-corrected chi connectivity index (χ3v) is 6.94. The average Bonchev–Trinajstić information content (AvgIpc) is 3.63. The summed E-state index contributed by atoms with van der Waals surface area (Å²) in [5, 5.41) is 13.6. The van der Waals surface area contributed by atoms with Crippen LogP contribution in [0.3, 0.4) is 0 Å². The predicted molar refractivity (Wildman–Crippen MR) is 135 cm³/mol. The number of ether oxygens (including phenoxy) is 3.